The maximum Gasteiger partial charge on any atom is 0.255 e. The highest BCUT2D eigenvalue weighted by Crippen LogP contribution is 2.17. The Hall–Kier alpha value is -2.45. The minimum absolute atomic E-state index is 0.164. The zero-order chi connectivity index (χ0) is 17.7. The van der Waals surface area contributed by atoms with Crippen LogP contribution in [0, 0.1) is 0 Å². The van der Waals surface area contributed by atoms with E-state index < -0.39 is 10.0 Å². The van der Waals surface area contributed by atoms with Gasteiger partial charge in [0.05, 0.1) is 16.8 Å². The molecule has 0 bridgehead atoms. The number of sulfonamides is 1. The molecule has 0 saturated heterocycles. The minimum atomic E-state index is -3.53. The van der Waals surface area contributed by atoms with Crippen molar-refractivity contribution in [3.63, 3.8) is 0 Å². The summed E-state index contributed by atoms with van der Waals surface area (Å²) >= 11 is 0. The fraction of sp³-hybridized carbons (Fsp3) is 0.250. The van der Waals surface area contributed by atoms with Crippen LogP contribution in [0.15, 0.2) is 47.5 Å². The lowest BCUT2D eigenvalue weighted by Gasteiger charge is -2.18. The van der Waals surface area contributed by atoms with E-state index in [0.717, 1.165) is 0 Å². The van der Waals surface area contributed by atoms with Gasteiger partial charge < -0.3 is 11.1 Å². The number of nitrogen functional groups attached to an aromatic ring is 1. The number of nitrogens with two attached hydrogens (primary N) is 1. The smallest absolute Gasteiger partial charge is 0.255 e. The van der Waals surface area contributed by atoms with Crippen molar-refractivity contribution >= 4 is 27.4 Å². The number of nitrogens with zero attached hydrogens (tertiary/aromatic N) is 2. The summed E-state index contributed by atoms with van der Waals surface area (Å²) in [7, 11) is -3.53. The van der Waals surface area contributed by atoms with E-state index in [1.165, 1.54) is 34.8 Å². The number of carbonyl (C=O) groups is 1. The van der Waals surface area contributed by atoms with Gasteiger partial charge in [0.25, 0.3) is 5.91 Å². The molecule has 3 N–H and O–H groups in total. The summed E-state index contributed by atoms with van der Waals surface area (Å²) < 4.78 is 26.2. The van der Waals surface area contributed by atoms with E-state index in [0.29, 0.717) is 30.2 Å². The van der Waals surface area contributed by atoms with E-state index in [1.54, 1.807) is 26.0 Å². The van der Waals surface area contributed by atoms with Crippen molar-refractivity contribution in [3.8, 4) is 0 Å². The quantitative estimate of drug-likeness (QED) is 0.830. The third-order valence-electron chi connectivity index (χ3n) is 3.50. The molecule has 0 fully saturated rings. The molecule has 1 amide bonds. The van der Waals surface area contributed by atoms with Crippen molar-refractivity contribution < 1.29 is 13.2 Å². The van der Waals surface area contributed by atoms with Crippen molar-refractivity contribution in [2.24, 2.45) is 0 Å². The number of nitrogens with one attached hydrogen (secondary N) is 1. The Kier molecular flexibility index (Phi) is 5.53. The maximum absolute atomic E-state index is 12.4. The first-order valence-electron chi connectivity index (χ1n) is 7.51. The Morgan fingerprint density at radius 1 is 1.12 bits per heavy atom. The third kappa shape index (κ3) is 3.90. The summed E-state index contributed by atoms with van der Waals surface area (Å²) in [6.07, 6.45) is 1.45. The number of rotatable bonds is 6. The molecule has 24 heavy (non-hydrogen) atoms. The van der Waals surface area contributed by atoms with Gasteiger partial charge in [0.15, 0.2) is 0 Å². The van der Waals surface area contributed by atoms with Gasteiger partial charge in [-0.3, -0.25) is 4.79 Å². The summed E-state index contributed by atoms with van der Waals surface area (Å²) in [5, 5.41) is 2.67. The number of carbonyl (C=O) groups excluding carboxylic acids is 1. The molecule has 128 valence electrons. The summed E-state index contributed by atoms with van der Waals surface area (Å²) in [6, 6.07) is 9.05. The molecule has 1 heterocycles. The number of aromatic nitrogens is 1. The Morgan fingerprint density at radius 3 is 2.25 bits per heavy atom. The number of amides is 1. The molecule has 0 atom stereocenters. The van der Waals surface area contributed by atoms with E-state index in [4.69, 9.17) is 5.73 Å². The number of hydrogen-bond acceptors (Lipinski definition) is 5. The molecule has 7 nitrogen and oxygen atoms in total. The average Bonchev–Trinajstić information content (AvgIpc) is 2.58. The molecule has 0 radical (unpaired) electrons. The van der Waals surface area contributed by atoms with Crippen LogP contribution in [-0.4, -0.2) is 36.7 Å². The van der Waals surface area contributed by atoms with Crippen molar-refractivity contribution in [3.05, 3.63) is 48.2 Å². The van der Waals surface area contributed by atoms with Crippen LogP contribution in [0.4, 0.5) is 11.5 Å². The van der Waals surface area contributed by atoms with Gasteiger partial charge in [0, 0.05) is 18.7 Å². The van der Waals surface area contributed by atoms with Crippen LogP contribution in [0.1, 0.15) is 24.2 Å². The Bertz CT molecular complexity index is 798. The van der Waals surface area contributed by atoms with Gasteiger partial charge in [-0.1, -0.05) is 13.8 Å². The molecule has 1 aromatic heterocycles. The molecule has 0 aliphatic heterocycles. The molecule has 2 rings (SSSR count). The predicted octanol–water partition coefficient (Wildman–Crippen LogP) is 1.95. The van der Waals surface area contributed by atoms with Gasteiger partial charge in [-0.15, -0.1) is 0 Å². The lowest BCUT2D eigenvalue weighted by Crippen LogP contribution is -2.30. The standard InChI is InChI=1S/C16H20N4O3S/c1-3-20(4-2)24(22,23)14-8-5-12(6-9-14)16(21)19-13-7-10-15(17)18-11-13/h5-11H,3-4H2,1-2H3,(H2,17,18)(H,19,21). The van der Waals surface area contributed by atoms with Crippen LogP contribution in [-0.2, 0) is 10.0 Å². The molecule has 2 aromatic rings. The third-order valence-corrected chi connectivity index (χ3v) is 5.57. The SMILES string of the molecule is CCN(CC)S(=O)(=O)c1ccc(C(=O)Nc2ccc(N)nc2)cc1. The summed E-state index contributed by atoms with van der Waals surface area (Å²) in [4.78, 5) is 16.2. The second-order valence-corrected chi connectivity index (χ2v) is 6.98. The fourth-order valence-electron chi connectivity index (χ4n) is 2.17. The monoisotopic (exact) mass is 348 g/mol. The van der Waals surface area contributed by atoms with Crippen LogP contribution in [0.3, 0.4) is 0 Å². The topological polar surface area (TPSA) is 105 Å². The molecular weight excluding hydrogens is 328 g/mol. The van der Waals surface area contributed by atoms with E-state index in [9.17, 15) is 13.2 Å². The zero-order valence-electron chi connectivity index (χ0n) is 13.6. The Morgan fingerprint density at radius 2 is 1.75 bits per heavy atom. The van der Waals surface area contributed by atoms with E-state index in [2.05, 4.69) is 10.3 Å². The van der Waals surface area contributed by atoms with Crippen LogP contribution in [0.25, 0.3) is 0 Å². The number of pyridine rings is 1. The van der Waals surface area contributed by atoms with Gasteiger partial charge in [0.2, 0.25) is 10.0 Å². The highest BCUT2D eigenvalue weighted by atomic mass is 32.2. The lowest BCUT2D eigenvalue weighted by atomic mass is 10.2. The van der Waals surface area contributed by atoms with Crippen molar-refractivity contribution in [2.45, 2.75) is 18.7 Å². The first kappa shape index (κ1) is 17.9. The number of anilines is 2. The molecule has 0 saturated carbocycles. The molecule has 0 unspecified atom stereocenters. The molecule has 0 aliphatic carbocycles. The molecule has 1 aromatic carbocycles. The minimum Gasteiger partial charge on any atom is -0.384 e. The first-order chi connectivity index (χ1) is 11.4. The van der Waals surface area contributed by atoms with Crippen LogP contribution < -0.4 is 11.1 Å². The number of hydrogen-bond donors (Lipinski definition) is 2. The second-order valence-electron chi connectivity index (χ2n) is 5.04. The van der Waals surface area contributed by atoms with E-state index in [1.807, 2.05) is 0 Å². The van der Waals surface area contributed by atoms with Crippen LogP contribution >= 0.6 is 0 Å². The molecule has 0 spiro atoms. The Labute approximate surface area is 141 Å². The summed E-state index contributed by atoms with van der Waals surface area (Å²) in [5.41, 5.74) is 6.35. The van der Waals surface area contributed by atoms with Crippen molar-refractivity contribution in [1.82, 2.24) is 9.29 Å². The average molecular weight is 348 g/mol. The van der Waals surface area contributed by atoms with E-state index in [-0.39, 0.29) is 10.8 Å². The zero-order valence-corrected chi connectivity index (χ0v) is 14.4. The second kappa shape index (κ2) is 7.41. The molecule has 0 aliphatic rings. The van der Waals surface area contributed by atoms with Gasteiger partial charge in [0.1, 0.15) is 5.82 Å². The largest absolute Gasteiger partial charge is 0.384 e. The van der Waals surface area contributed by atoms with Crippen molar-refractivity contribution in [2.75, 3.05) is 24.1 Å². The Balaban J connectivity index is 2.16. The molecular formula is C16H20N4O3S. The van der Waals surface area contributed by atoms with Gasteiger partial charge in [-0.25, -0.2) is 13.4 Å². The highest BCUT2D eigenvalue weighted by Gasteiger charge is 2.21. The normalized spacial score (nSPS) is 11.5. The summed E-state index contributed by atoms with van der Waals surface area (Å²) in [6.45, 7) is 4.35. The lowest BCUT2D eigenvalue weighted by molar-refractivity contribution is 0.102. The first-order valence-corrected chi connectivity index (χ1v) is 8.95. The van der Waals surface area contributed by atoms with Crippen molar-refractivity contribution in [1.29, 1.82) is 0 Å². The predicted molar refractivity (Wildman–Crippen MR) is 93.2 cm³/mol. The van der Waals surface area contributed by atoms with Gasteiger partial charge in [-0.2, -0.15) is 4.31 Å². The highest BCUT2D eigenvalue weighted by molar-refractivity contribution is 7.89. The fourth-order valence-corrected chi connectivity index (χ4v) is 3.63. The van der Waals surface area contributed by atoms with Gasteiger partial charge >= 0.3 is 0 Å². The van der Waals surface area contributed by atoms with E-state index >= 15 is 0 Å². The van der Waals surface area contributed by atoms with Crippen LogP contribution in [0.2, 0.25) is 0 Å². The molecule has 8 heteroatoms. The van der Waals surface area contributed by atoms with Crippen LogP contribution in [0.5, 0.6) is 0 Å². The van der Waals surface area contributed by atoms with Gasteiger partial charge in [-0.05, 0) is 36.4 Å². The summed E-state index contributed by atoms with van der Waals surface area (Å²) in [5.74, 6) is 0.00678. The number of benzene rings is 1. The maximum atomic E-state index is 12.4.